The van der Waals surface area contributed by atoms with Crippen molar-refractivity contribution in [1.82, 2.24) is 0 Å². The highest BCUT2D eigenvalue weighted by atomic mass is 19.4. The lowest BCUT2D eigenvalue weighted by Crippen LogP contribution is -2.12. The molecule has 0 aromatic heterocycles. The van der Waals surface area contributed by atoms with Crippen molar-refractivity contribution < 1.29 is 13.2 Å². The number of alkyl halides is 3. The van der Waals surface area contributed by atoms with Crippen molar-refractivity contribution in [3.8, 4) is 0 Å². The van der Waals surface area contributed by atoms with Gasteiger partial charge in [-0.1, -0.05) is 40.0 Å². The van der Waals surface area contributed by atoms with Crippen LogP contribution in [0.15, 0.2) is 0 Å². The van der Waals surface area contributed by atoms with Crippen molar-refractivity contribution in [2.24, 2.45) is 11.8 Å². The number of halogens is 3. The highest BCUT2D eigenvalue weighted by Gasteiger charge is 2.28. The smallest absolute Gasteiger partial charge is 0.171 e. The summed E-state index contributed by atoms with van der Waals surface area (Å²) in [5.74, 6) is 0.756. The molecule has 0 aromatic rings. The van der Waals surface area contributed by atoms with Gasteiger partial charge in [0.1, 0.15) is 0 Å². The molecule has 0 amide bonds. The van der Waals surface area contributed by atoms with Crippen LogP contribution >= 0.6 is 0 Å². The van der Waals surface area contributed by atoms with Crippen molar-refractivity contribution in [1.29, 1.82) is 0 Å². The molecule has 0 aliphatic rings. The van der Waals surface area contributed by atoms with E-state index in [0.717, 1.165) is 25.7 Å². The van der Waals surface area contributed by atoms with Crippen molar-refractivity contribution in [2.75, 3.05) is 0 Å². The largest absolute Gasteiger partial charge is 0.389 e. The molecular formula is C12H23F3. The molecule has 92 valence electrons. The highest BCUT2D eigenvalue weighted by Crippen LogP contribution is 2.29. The Hall–Kier alpha value is -0.210. The summed E-state index contributed by atoms with van der Waals surface area (Å²) in [6.07, 6.45) is -0.298. The maximum Gasteiger partial charge on any atom is 0.389 e. The Balaban J connectivity index is 3.89. The quantitative estimate of drug-likeness (QED) is 0.559. The molecule has 0 saturated heterocycles. The van der Waals surface area contributed by atoms with E-state index in [1.54, 1.807) is 0 Å². The number of hydrogen-bond acceptors (Lipinski definition) is 0. The molecule has 1 unspecified atom stereocenters. The average Bonchev–Trinajstić information content (AvgIpc) is 2.07. The molecule has 0 fully saturated rings. The Kier molecular flexibility index (Phi) is 7.03. The molecule has 3 heteroatoms. The summed E-state index contributed by atoms with van der Waals surface area (Å²) in [7, 11) is 0. The molecule has 0 nitrogen and oxygen atoms in total. The minimum atomic E-state index is -3.98. The van der Waals surface area contributed by atoms with Gasteiger partial charge in [-0.2, -0.15) is 13.2 Å². The lowest BCUT2D eigenvalue weighted by atomic mass is 9.88. The summed E-state index contributed by atoms with van der Waals surface area (Å²) >= 11 is 0. The first-order chi connectivity index (χ1) is 6.85. The molecule has 0 N–H and O–H groups in total. The first kappa shape index (κ1) is 14.8. The topological polar surface area (TPSA) is 0 Å². The Morgan fingerprint density at radius 3 is 2.07 bits per heavy atom. The first-order valence-corrected chi connectivity index (χ1v) is 5.92. The molecule has 0 aliphatic carbocycles. The summed E-state index contributed by atoms with van der Waals surface area (Å²) in [6, 6.07) is 0. The van der Waals surface area contributed by atoms with Crippen LogP contribution in [0.5, 0.6) is 0 Å². The third-order valence-corrected chi connectivity index (χ3v) is 2.61. The van der Waals surface area contributed by atoms with Crippen LogP contribution in [0.25, 0.3) is 0 Å². The van der Waals surface area contributed by atoms with Crippen LogP contribution in [0.1, 0.15) is 59.3 Å². The van der Waals surface area contributed by atoms with Crippen molar-refractivity contribution in [2.45, 2.75) is 65.5 Å². The van der Waals surface area contributed by atoms with Crippen LogP contribution in [0, 0.1) is 11.8 Å². The second kappa shape index (κ2) is 7.13. The lowest BCUT2D eigenvalue weighted by Gasteiger charge is -2.19. The summed E-state index contributed by atoms with van der Waals surface area (Å²) in [6.45, 7) is 6.23. The minimum absolute atomic E-state index is 0.256. The highest BCUT2D eigenvalue weighted by molar-refractivity contribution is 4.64. The van der Waals surface area contributed by atoms with Crippen molar-refractivity contribution >= 4 is 0 Å². The fourth-order valence-electron chi connectivity index (χ4n) is 1.91. The Bertz CT molecular complexity index is 149. The zero-order valence-electron chi connectivity index (χ0n) is 10.0. The molecule has 15 heavy (non-hydrogen) atoms. The predicted molar refractivity (Wildman–Crippen MR) is 57.8 cm³/mol. The second-order valence-electron chi connectivity index (χ2n) is 4.79. The van der Waals surface area contributed by atoms with Gasteiger partial charge in [-0.15, -0.1) is 0 Å². The van der Waals surface area contributed by atoms with E-state index in [-0.39, 0.29) is 5.92 Å². The van der Waals surface area contributed by atoms with E-state index in [4.69, 9.17) is 0 Å². The van der Waals surface area contributed by atoms with Gasteiger partial charge in [-0.3, -0.25) is 0 Å². The molecule has 0 heterocycles. The van der Waals surface area contributed by atoms with E-state index in [1.807, 2.05) is 0 Å². The van der Waals surface area contributed by atoms with Gasteiger partial charge in [0, 0.05) is 6.42 Å². The summed E-state index contributed by atoms with van der Waals surface area (Å²) in [5, 5.41) is 0. The van der Waals surface area contributed by atoms with Gasteiger partial charge in [0.25, 0.3) is 0 Å². The number of unbranched alkanes of at least 4 members (excludes halogenated alkanes) is 1. The third kappa shape index (κ3) is 10.1. The zero-order valence-corrected chi connectivity index (χ0v) is 10.0. The molecule has 0 spiro atoms. The van der Waals surface area contributed by atoms with E-state index in [9.17, 15) is 13.2 Å². The maximum absolute atomic E-state index is 12.1. The van der Waals surface area contributed by atoms with Gasteiger partial charge in [-0.05, 0) is 24.7 Å². The molecule has 0 saturated carbocycles. The van der Waals surface area contributed by atoms with Gasteiger partial charge in [0.2, 0.25) is 0 Å². The fraction of sp³-hybridized carbons (Fsp3) is 1.00. The normalized spacial score (nSPS) is 14.6. The Morgan fingerprint density at radius 1 is 1.07 bits per heavy atom. The Morgan fingerprint density at radius 2 is 1.67 bits per heavy atom. The van der Waals surface area contributed by atoms with E-state index >= 15 is 0 Å². The maximum atomic E-state index is 12.1. The molecule has 0 aliphatic heterocycles. The number of hydrogen-bond donors (Lipinski definition) is 0. The van der Waals surface area contributed by atoms with Crippen LogP contribution < -0.4 is 0 Å². The third-order valence-electron chi connectivity index (χ3n) is 2.61. The van der Waals surface area contributed by atoms with Gasteiger partial charge in [0.05, 0.1) is 0 Å². The lowest BCUT2D eigenvalue weighted by molar-refractivity contribution is -0.138. The van der Waals surface area contributed by atoms with Gasteiger partial charge in [0.15, 0.2) is 0 Å². The molecule has 0 rings (SSSR count). The molecule has 0 aromatic carbocycles. The van der Waals surface area contributed by atoms with E-state index < -0.39 is 12.6 Å². The summed E-state index contributed by atoms with van der Waals surface area (Å²) in [4.78, 5) is 0. The monoisotopic (exact) mass is 224 g/mol. The van der Waals surface area contributed by atoms with Gasteiger partial charge >= 0.3 is 6.18 Å². The zero-order chi connectivity index (χ0) is 11.9. The van der Waals surface area contributed by atoms with Crippen LogP contribution in [-0.2, 0) is 0 Å². The Labute approximate surface area is 91.3 Å². The molecule has 0 bridgehead atoms. The molecule has 0 radical (unpaired) electrons. The number of rotatable bonds is 7. The standard InChI is InChI=1S/C12H23F3/c1-4-5-6-11(9-10(2)3)7-8-12(13,14)15/h10-11H,4-9H2,1-3H3. The second-order valence-corrected chi connectivity index (χ2v) is 4.79. The summed E-state index contributed by atoms with van der Waals surface area (Å²) < 4.78 is 36.2. The fourth-order valence-corrected chi connectivity index (χ4v) is 1.91. The van der Waals surface area contributed by atoms with E-state index in [1.165, 1.54) is 0 Å². The van der Waals surface area contributed by atoms with Crippen LogP contribution in [0.3, 0.4) is 0 Å². The van der Waals surface area contributed by atoms with Gasteiger partial charge < -0.3 is 0 Å². The van der Waals surface area contributed by atoms with Crippen LogP contribution in [0.2, 0.25) is 0 Å². The SMILES string of the molecule is CCCCC(CCC(F)(F)F)CC(C)C. The van der Waals surface area contributed by atoms with Crippen LogP contribution in [0.4, 0.5) is 13.2 Å². The van der Waals surface area contributed by atoms with Crippen molar-refractivity contribution in [3.63, 3.8) is 0 Å². The van der Waals surface area contributed by atoms with Crippen LogP contribution in [-0.4, -0.2) is 6.18 Å². The minimum Gasteiger partial charge on any atom is -0.171 e. The molecule has 1 atom stereocenters. The summed E-state index contributed by atoms with van der Waals surface area (Å²) in [5.41, 5.74) is 0. The first-order valence-electron chi connectivity index (χ1n) is 5.92. The van der Waals surface area contributed by atoms with E-state index in [0.29, 0.717) is 12.3 Å². The van der Waals surface area contributed by atoms with Gasteiger partial charge in [-0.25, -0.2) is 0 Å². The van der Waals surface area contributed by atoms with Crippen molar-refractivity contribution in [3.05, 3.63) is 0 Å². The average molecular weight is 224 g/mol. The molecular weight excluding hydrogens is 201 g/mol. The van der Waals surface area contributed by atoms with E-state index in [2.05, 4.69) is 20.8 Å². The predicted octanol–water partition coefficient (Wildman–Crippen LogP) is 5.18.